The van der Waals surface area contributed by atoms with E-state index < -0.39 is 0 Å². The summed E-state index contributed by atoms with van der Waals surface area (Å²) in [6.45, 7) is 4.82. The van der Waals surface area contributed by atoms with E-state index in [-0.39, 0.29) is 5.54 Å². The smallest absolute Gasteiger partial charge is 0.0951 e. The Balaban J connectivity index is 2.31. The van der Waals surface area contributed by atoms with Gasteiger partial charge in [0.15, 0.2) is 0 Å². The van der Waals surface area contributed by atoms with Crippen molar-refractivity contribution in [2.45, 2.75) is 25.9 Å². The highest BCUT2D eigenvalue weighted by molar-refractivity contribution is 7.13. The third-order valence-electron chi connectivity index (χ3n) is 2.06. The van der Waals surface area contributed by atoms with Gasteiger partial charge in [-0.25, -0.2) is 4.98 Å². The monoisotopic (exact) mass is 221 g/mol. The first-order chi connectivity index (χ1) is 7.06. The number of hydrogen-bond donors (Lipinski definition) is 1. The summed E-state index contributed by atoms with van der Waals surface area (Å²) in [5, 5.41) is 2.07. The molecule has 0 saturated heterocycles. The van der Waals surface area contributed by atoms with E-state index in [0.717, 1.165) is 12.2 Å². The molecule has 0 aromatic carbocycles. The number of nitrogens with two attached hydrogens (primary N) is 1. The first-order valence-corrected chi connectivity index (χ1v) is 5.77. The maximum Gasteiger partial charge on any atom is 0.0951 e. The van der Waals surface area contributed by atoms with Crippen LogP contribution in [0.2, 0.25) is 0 Å². The fraction of sp³-hybridized carbons (Fsp3) is 0.364. The minimum Gasteiger partial charge on any atom is -0.328 e. The first-order valence-electron chi connectivity index (χ1n) is 4.89. The van der Waals surface area contributed by atoms with Crippen LogP contribution in [0.1, 0.15) is 13.8 Å². The summed E-state index contributed by atoms with van der Waals surface area (Å²) >= 11 is 1.72. The number of rotatable bonds is 3. The zero-order valence-corrected chi connectivity index (χ0v) is 9.79. The van der Waals surface area contributed by atoms with Gasteiger partial charge in [0, 0.05) is 12.1 Å². The molecule has 2 N–H and O–H groups in total. The van der Waals surface area contributed by atoms with E-state index >= 15 is 0 Å². The van der Waals surface area contributed by atoms with Gasteiger partial charge in [-0.15, -0.1) is 11.3 Å². The molecule has 3 nitrogen and oxygen atoms in total. The van der Waals surface area contributed by atoms with Crippen molar-refractivity contribution in [3.05, 3.63) is 30.0 Å². The van der Waals surface area contributed by atoms with Gasteiger partial charge in [0.2, 0.25) is 0 Å². The molecule has 0 spiro atoms. The van der Waals surface area contributed by atoms with Gasteiger partial charge in [-0.05, 0) is 25.3 Å². The Labute approximate surface area is 93.6 Å². The van der Waals surface area contributed by atoms with Gasteiger partial charge in [0.05, 0.1) is 23.1 Å². The highest BCUT2D eigenvalue weighted by Gasteiger charge is 2.14. The number of aromatic nitrogens is 2. The van der Waals surface area contributed by atoms with Gasteiger partial charge in [-0.1, -0.05) is 6.07 Å². The Morgan fingerprint density at radius 2 is 2.33 bits per heavy atom. The molecule has 0 saturated carbocycles. The predicted octanol–water partition coefficient (Wildman–Crippen LogP) is 2.35. The Bertz CT molecular complexity index is 423. The normalized spacial score (nSPS) is 11.9. The lowest BCUT2D eigenvalue weighted by atomic mass is 10.1. The molecule has 0 amide bonds. The summed E-state index contributed by atoms with van der Waals surface area (Å²) in [6.07, 6.45) is 3.72. The molecule has 2 heterocycles. The van der Waals surface area contributed by atoms with E-state index in [1.165, 1.54) is 4.88 Å². The number of thiophene rings is 1. The molecule has 15 heavy (non-hydrogen) atoms. The van der Waals surface area contributed by atoms with E-state index in [1.807, 2.05) is 32.4 Å². The molecule has 80 valence electrons. The molecule has 0 atom stereocenters. The van der Waals surface area contributed by atoms with Gasteiger partial charge < -0.3 is 10.3 Å². The SMILES string of the molecule is CC(C)(N)Cn1cncc1-c1cccs1. The Morgan fingerprint density at radius 3 is 2.93 bits per heavy atom. The number of imidazole rings is 1. The molecule has 2 aromatic rings. The van der Waals surface area contributed by atoms with Crippen molar-refractivity contribution < 1.29 is 0 Å². The quantitative estimate of drug-likeness (QED) is 0.864. The summed E-state index contributed by atoms with van der Waals surface area (Å²) in [6, 6.07) is 4.15. The second-order valence-electron chi connectivity index (χ2n) is 4.37. The van der Waals surface area contributed by atoms with Gasteiger partial charge in [-0.2, -0.15) is 0 Å². The second kappa shape index (κ2) is 3.79. The molecule has 0 unspecified atom stereocenters. The van der Waals surface area contributed by atoms with Crippen LogP contribution in [0.5, 0.6) is 0 Å². The highest BCUT2D eigenvalue weighted by atomic mass is 32.1. The average Bonchev–Trinajstić information content (AvgIpc) is 2.68. The summed E-state index contributed by atoms with van der Waals surface area (Å²) in [5.74, 6) is 0. The van der Waals surface area contributed by atoms with Crippen LogP contribution in [-0.4, -0.2) is 15.1 Å². The lowest BCUT2D eigenvalue weighted by molar-refractivity contribution is 0.436. The van der Waals surface area contributed by atoms with Crippen molar-refractivity contribution in [3.8, 4) is 10.6 Å². The van der Waals surface area contributed by atoms with Crippen LogP contribution >= 0.6 is 11.3 Å². The van der Waals surface area contributed by atoms with Crippen molar-refractivity contribution in [1.82, 2.24) is 9.55 Å². The minimum absolute atomic E-state index is 0.216. The average molecular weight is 221 g/mol. The third-order valence-corrected chi connectivity index (χ3v) is 2.96. The van der Waals surface area contributed by atoms with Gasteiger partial charge in [0.1, 0.15) is 0 Å². The topological polar surface area (TPSA) is 43.8 Å². The molecule has 2 rings (SSSR count). The molecule has 0 radical (unpaired) electrons. The van der Waals surface area contributed by atoms with Crippen molar-refractivity contribution in [2.75, 3.05) is 0 Å². The Hall–Kier alpha value is -1.13. The molecule has 0 fully saturated rings. The molecular formula is C11H15N3S. The van der Waals surface area contributed by atoms with Crippen LogP contribution in [0.4, 0.5) is 0 Å². The van der Waals surface area contributed by atoms with E-state index in [9.17, 15) is 0 Å². The van der Waals surface area contributed by atoms with Crippen molar-refractivity contribution in [2.24, 2.45) is 5.73 Å². The molecule has 0 bridgehead atoms. The Kier molecular flexibility index (Phi) is 2.63. The van der Waals surface area contributed by atoms with Crippen LogP contribution in [-0.2, 0) is 6.54 Å². The molecule has 0 aliphatic heterocycles. The molecule has 2 aromatic heterocycles. The third kappa shape index (κ3) is 2.46. The Morgan fingerprint density at radius 1 is 1.53 bits per heavy atom. The molecule has 0 aliphatic carbocycles. The van der Waals surface area contributed by atoms with Crippen LogP contribution in [0.15, 0.2) is 30.0 Å². The summed E-state index contributed by atoms with van der Waals surface area (Å²) < 4.78 is 2.10. The fourth-order valence-corrected chi connectivity index (χ4v) is 2.27. The van der Waals surface area contributed by atoms with E-state index in [1.54, 1.807) is 11.3 Å². The van der Waals surface area contributed by atoms with E-state index in [4.69, 9.17) is 5.73 Å². The zero-order chi connectivity index (χ0) is 10.9. The minimum atomic E-state index is -0.216. The molecule has 4 heteroatoms. The standard InChI is InChI=1S/C11H15N3S/c1-11(2,12)7-14-8-13-6-9(14)10-4-3-5-15-10/h3-6,8H,7,12H2,1-2H3. The highest BCUT2D eigenvalue weighted by Crippen LogP contribution is 2.24. The first kappa shape index (κ1) is 10.4. The van der Waals surface area contributed by atoms with E-state index in [2.05, 4.69) is 21.0 Å². The van der Waals surface area contributed by atoms with E-state index in [0.29, 0.717) is 0 Å². The van der Waals surface area contributed by atoms with Crippen molar-refractivity contribution in [1.29, 1.82) is 0 Å². The van der Waals surface area contributed by atoms with Crippen LogP contribution in [0.3, 0.4) is 0 Å². The molecule has 0 aliphatic rings. The van der Waals surface area contributed by atoms with Crippen LogP contribution < -0.4 is 5.73 Å². The molecular weight excluding hydrogens is 206 g/mol. The zero-order valence-electron chi connectivity index (χ0n) is 8.97. The maximum atomic E-state index is 6.00. The summed E-state index contributed by atoms with van der Waals surface area (Å²) in [5.41, 5.74) is 6.93. The van der Waals surface area contributed by atoms with Crippen LogP contribution in [0.25, 0.3) is 10.6 Å². The summed E-state index contributed by atoms with van der Waals surface area (Å²) in [7, 11) is 0. The van der Waals surface area contributed by atoms with Gasteiger partial charge in [0.25, 0.3) is 0 Å². The van der Waals surface area contributed by atoms with Crippen molar-refractivity contribution >= 4 is 11.3 Å². The van der Waals surface area contributed by atoms with Crippen molar-refractivity contribution in [3.63, 3.8) is 0 Å². The predicted molar refractivity (Wildman–Crippen MR) is 63.8 cm³/mol. The number of nitrogens with zero attached hydrogens (tertiary/aromatic N) is 2. The second-order valence-corrected chi connectivity index (χ2v) is 5.32. The van der Waals surface area contributed by atoms with Gasteiger partial charge >= 0.3 is 0 Å². The number of hydrogen-bond acceptors (Lipinski definition) is 3. The fourth-order valence-electron chi connectivity index (χ4n) is 1.52. The van der Waals surface area contributed by atoms with Gasteiger partial charge in [-0.3, -0.25) is 0 Å². The largest absolute Gasteiger partial charge is 0.328 e. The summed E-state index contributed by atoms with van der Waals surface area (Å²) in [4.78, 5) is 5.41. The van der Waals surface area contributed by atoms with Crippen LogP contribution in [0, 0.1) is 0 Å². The lowest BCUT2D eigenvalue weighted by Gasteiger charge is -2.20. The maximum absolute atomic E-state index is 6.00. The lowest BCUT2D eigenvalue weighted by Crippen LogP contribution is -2.36.